The summed E-state index contributed by atoms with van der Waals surface area (Å²) in [7, 11) is 3.96. The van der Waals surface area contributed by atoms with Crippen LogP contribution < -0.4 is 9.80 Å². The Balaban J connectivity index is 1.71. The van der Waals surface area contributed by atoms with Crippen molar-refractivity contribution in [3.63, 3.8) is 0 Å². The van der Waals surface area contributed by atoms with Gasteiger partial charge in [-0.25, -0.2) is 19.4 Å². The topological polar surface area (TPSA) is 96.6 Å². The molecule has 5 rings (SSSR count). The highest BCUT2D eigenvalue weighted by Gasteiger charge is 2.23. The van der Waals surface area contributed by atoms with E-state index < -0.39 is 5.97 Å². The number of fused-ring (bicyclic) bond motifs is 1. The van der Waals surface area contributed by atoms with Crippen molar-refractivity contribution in [2.45, 2.75) is 19.8 Å². The molecule has 0 amide bonds. The zero-order chi connectivity index (χ0) is 25.4. The number of anilines is 2. The molecule has 0 bridgehead atoms. The summed E-state index contributed by atoms with van der Waals surface area (Å²) in [5.41, 5.74) is 4.76. The molecular formula is C27H30N6O3. The first-order chi connectivity index (χ1) is 17.3. The maximum absolute atomic E-state index is 12.1. The number of nitrogens with zero attached hydrogens (tertiary/aromatic N) is 6. The minimum atomic E-state index is -1.09. The number of carboxylic acid groups (broad SMARTS) is 1. The quantitative estimate of drug-likeness (QED) is 0.433. The molecule has 0 atom stereocenters. The van der Waals surface area contributed by atoms with E-state index in [-0.39, 0.29) is 11.6 Å². The number of benzene rings is 1. The summed E-state index contributed by atoms with van der Waals surface area (Å²) in [5, 5.41) is 15.7. The molecule has 0 unspecified atom stereocenters. The molecule has 1 saturated heterocycles. The maximum atomic E-state index is 12.1. The number of aromatic nitrogens is 4. The van der Waals surface area contributed by atoms with Gasteiger partial charge in [-0.1, -0.05) is 19.9 Å². The first-order valence-electron chi connectivity index (χ1n) is 12.1. The van der Waals surface area contributed by atoms with Crippen molar-refractivity contribution in [3.8, 4) is 16.8 Å². The molecule has 0 aliphatic carbocycles. The Bertz CT molecular complexity index is 1410. The SMILES string of the molecule is CC(C)c1nn(-c2cccc(N(C)C)c2)c2nc(C(=O)O)cc(-c3ccc(N4CCOCC4)nc3)c12. The predicted molar refractivity (Wildman–Crippen MR) is 141 cm³/mol. The highest BCUT2D eigenvalue weighted by atomic mass is 16.5. The van der Waals surface area contributed by atoms with Crippen LogP contribution in [0.4, 0.5) is 11.5 Å². The van der Waals surface area contributed by atoms with Crippen LogP contribution in [0.15, 0.2) is 48.7 Å². The van der Waals surface area contributed by atoms with Crippen molar-refractivity contribution in [1.82, 2.24) is 19.7 Å². The van der Waals surface area contributed by atoms with E-state index in [2.05, 4.69) is 23.7 Å². The van der Waals surface area contributed by atoms with E-state index in [9.17, 15) is 9.90 Å². The zero-order valence-corrected chi connectivity index (χ0v) is 21.0. The lowest BCUT2D eigenvalue weighted by molar-refractivity contribution is 0.0691. The maximum Gasteiger partial charge on any atom is 0.354 e. The summed E-state index contributed by atoms with van der Waals surface area (Å²) in [6.45, 7) is 7.12. The van der Waals surface area contributed by atoms with Crippen molar-refractivity contribution in [1.29, 1.82) is 0 Å². The highest BCUT2D eigenvalue weighted by molar-refractivity contribution is 6.00. The van der Waals surface area contributed by atoms with Crippen LogP contribution >= 0.6 is 0 Å². The molecule has 0 radical (unpaired) electrons. The molecule has 0 saturated carbocycles. The van der Waals surface area contributed by atoms with Crippen LogP contribution in [0.25, 0.3) is 27.8 Å². The van der Waals surface area contributed by atoms with Crippen molar-refractivity contribution in [2.24, 2.45) is 0 Å². The molecule has 1 N–H and O–H groups in total. The lowest BCUT2D eigenvalue weighted by Gasteiger charge is -2.27. The number of carbonyl (C=O) groups is 1. The van der Waals surface area contributed by atoms with Crippen molar-refractivity contribution in [3.05, 3.63) is 60.0 Å². The van der Waals surface area contributed by atoms with E-state index in [1.54, 1.807) is 16.9 Å². The van der Waals surface area contributed by atoms with E-state index in [1.807, 2.05) is 55.4 Å². The van der Waals surface area contributed by atoms with Gasteiger partial charge < -0.3 is 19.6 Å². The fourth-order valence-corrected chi connectivity index (χ4v) is 4.49. The van der Waals surface area contributed by atoms with Gasteiger partial charge in [0.15, 0.2) is 11.3 Å². The van der Waals surface area contributed by atoms with Gasteiger partial charge in [0, 0.05) is 44.6 Å². The van der Waals surface area contributed by atoms with Gasteiger partial charge in [-0.15, -0.1) is 0 Å². The molecule has 1 aliphatic rings. The van der Waals surface area contributed by atoms with E-state index in [0.717, 1.165) is 52.5 Å². The van der Waals surface area contributed by atoms with Gasteiger partial charge in [0.25, 0.3) is 0 Å². The molecule has 4 heterocycles. The Morgan fingerprint density at radius 3 is 2.53 bits per heavy atom. The Morgan fingerprint density at radius 1 is 1.11 bits per heavy atom. The van der Waals surface area contributed by atoms with Gasteiger partial charge in [-0.2, -0.15) is 5.10 Å². The summed E-state index contributed by atoms with van der Waals surface area (Å²) in [4.78, 5) is 25.5. The van der Waals surface area contributed by atoms with Gasteiger partial charge in [0.05, 0.1) is 30.0 Å². The highest BCUT2D eigenvalue weighted by Crippen LogP contribution is 2.36. The second kappa shape index (κ2) is 9.58. The number of hydrogen-bond donors (Lipinski definition) is 1. The van der Waals surface area contributed by atoms with Crippen LogP contribution in [0.3, 0.4) is 0 Å². The molecule has 1 aliphatic heterocycles. The average molecular weight is 487 g/mol. The van der Waals surface area contributed by atoms with Crippen LogP contribution in [0, 0.1) is 0 Å². The summed E-state index contributed by atoms with van der Waals surface area (Å²) >= 11 is 0. The average Bonchev–Trinajstić information content (AvgIpc) is 3.29. The van der Waals surface area contributed by atoms with E-state index in [1.165, 1.54) is 0 Å². The fourth-order valence-electron chi connectivity index (χ4n) is 4.49. The third-order valence-electron chi connectivity index (χ3n) is 6.42. The summed E-state index contributed by atoms with van der Waals surface area (Å²) < 4.78 is 7.20. The van der Waals surface area contributed by atoms with Crippen molar-refractivity contribution < 1.29 is 14.6 Å². The second-order valence-corrected chi connectivity index (χ2v) is 9.43. The summed E-state index contributed by atoms with van der Waals surface area (Å²) in [5.74, 6) is -0.106. The van der Waals surface area contributed by atoms with Crippen LogP contribution in [0.1, 0.15) is 35.9 Å². The normalized spacial score (nSPS) is 14.0. The van der Waals surface area contributed by atoms with Crippen molar-refractivity contribution >= 4 is 28.5 Å². The largest absolute Gasteiger partial charge is 0.477 e. The number of morpholine rings is 1. The van der Waals surface area contributed by atoms with Gasteiger partial charge in [0.1, 0.15) is 5.82 Å². The fraction of sp³-hybridized carbons (Fsp3) is 0.333. The Kier molecular flexibility index (Phi) is 6.32. The summed E-state index contributed by atoms with van der Waals surface area (Å²) in [6.07, 6.45) is 1.80. The predicted octanol–water partition coefficient (Wildman–Crippen LogP) is 4.21. The number of pyridine rings is 2. The number of carboxylic acids is 1. The number of aromatic carboxylic acids is 1. The minimum Gasteiger partial charge on any atom is -0.477 e. The van der Waals surface area contributed by atoms with Crippen LogP contribution in [-0.4, -0.2) is 71.2 Å². The van der Waals surface area contributed by atoms with Gasteiger partial charge in [-0.05, 0) is 47.9 Å². The smallest absolute Gasteiger partial charge is 0.354 e. The van der Waals surface area contributed by atoms with E-state index >= 15 is 0 Å². The third-order valence-corrected chi connectivity index (χ3v) is 6.42. The molecule has 4 aromatic rings. The molecule has 0 spiro atoms. The molecule has 3 aromatic heterocycles. The Morgan fingerprint density at radius 2 is 1.89 bits per heavy atom. The van der Waals surface area contributed by atoms with Crippen LogP contribution in [0.5, 0.6) is 0 Å². The molecule has 9 heteroatoms. The lowest BCUT2D eigenvalue weighted by Crippen LogP contribution is -2.36. The molecule has 1 aromatic carbocycles. The monoisotopic (exact) mass is 486 g/mol. The molecule has 1 fully saturated rings. The number of hydrogen-bond acceptors (Lipinski definition) is 7. The molecule has 36 heavy (non-hydrogen) atoms. The van der Waals surface area contributed by atoms with Gasteiger partial charge in [0.2, 0.25) is 0 Å². The Labute approximate surface area is 210 Å². The minimum absolute atomic E-state index is 0.0324. The first kappa shape index (κ1) is 23.7. The van der Waals surface area contributed by atoms with Gasteiger partial charge >= 0.3 is 5.97 Å². The van der Waals surface area contributed by atoms with Gasteiger partial charge in [-0.3, -0.25) is 0 Å². The van der Waals surface area contributed by atoms with Crippen LogP contribution in [0.2, 0.25) is 0 Å². The first-order valence-corrected chi connectivity index (χ1v) is 12.1. The molecule has 9 nitrogen and oxygen atoms in total. The Hall–Kier alpha value is -3.98. The van der Waals surface area contributed by atoms with Crippen LogP contribution in [-0.2, 0) is 4.74 Å². The molecule has 186 valence electrons. The molecular weight excluding hydrogens is 456 g/mol. The standard InChI is InChI=1S/C27H30N6O3/c1-17(2)25-24-21(18-8-9-23(28-16-18)32-10-12-36-13-11-32)15-22(27(34)35)29-26(24)33(30-25)20-7-5-6-19(14-20)31(3)4/h5-9,14-17H,10-13H2,1-4H3,(H,34,35). The zero-order valence-electron chi connectivity index (χ0n) is 21.0. The lowest BCUT2D eigenvalue weighted by atomic mass is 9.98. The third kappa shape index (κ3) is 4.37. The second-order valence-electron chi connectivity index (χ2n) is 9.43. The van der Waals surface area contributed by atoms with Crippen molar-refractivity contribution in [2.75, 3.05) is 50.2 Å². The van der Waals surface area contributed by atoms with E-state index in [4.69, 9.17) is 14.8 Å². The van der Waals surface area contributed by atoms with E-state index in [0.29, 0.717) is 18.9 Å². The number of ether oxygens (including phenoxy) is 1. The summed E-state index contributed by atoms with van der Waals surface area (Å²) in [6, 6.07) is 13.6. The number of rotatable bonds is 6.